The average molecular weight is 141 g/mol. The molecular weight excluding hydrogens is 138 g/mol. The molecule has 0 aromatic carbocycles. The van der Waals surface area contributed by atoms with Crippen molar-refractivity contribution in [2.75, 3.05) is 0 Å². The van der Waals surface area contributed by atoms with E-state index in [1.807, 2.05) is 6.20 Å². The molecule has 0 saturated carbocycles. The van der Waals surface area contributed by atoms with Crippen LogP contribution in [0.15, 0.2) is 17.6 Å². The molecule has 0 unspecified atom stereocenters. The summed E-state index contributed by atoms with van der Waals surface area (Å²) in [6.07, 6.45) is 1.91. The Hall–Kier alpha value is -0.410. The van der Waals surface area contributed by atoms with Gasteiger partial charge in [-0.15, -0.1) is 11.3 Å². The SMILES string of the molecule is c1cc2sncc2s1. The highest BCUT2D eigenvalue weighted by Gasteiger charge is 1.92. The summed E-state index contributed by atoms with van der Waals surface area (Å²) in [5, 5.41) is 2.09. The molecule has 0 radical (unpaired) electrons. The van der Waals surface area contributed by atoms with Crippen LogP contribution in [0.5, 0.6) is 0 Å². The fourth-order valence-electron chi connectivity index (χ4n) is 0.610. The smallest absolute Gasteiger partial charge is 0.0657 e. The number of rotatable bonds is 0. The molecule has 1 nitrogen and oxygen atoms in total. The normalized spacial score (nSPS) is 10.5. The lowest BCUT2D eigenvalue weighted by Crippen LogP contribution is -1.36. The van der Waals surface area contributed by atoms with Gasteiger partial charge in [-0.1, -0.05) is 0 Å². The average Bonchev–Trinajstić information content (AvgIpc) is 2.15. The maximum absolute atomic E-state index is 4.01. The van der Waals surface area contributed by atoms with E-state index in [0.29, 0.717) is 0 Å². The predicted octanol–water partition coefficient (Wildman–Crippen LogP) is 2.36. The monoisotopic (exact) mass is 141 g/mol. The Bertz CT molecular complexity index is 232. The number of hydrogen-bond donors (Lipinski definition) is 0. The number of thiophene rings is 1. The first-order chi connectivity index (χ1) is 3.97. The van der Waals surface area contributed by atoms with Crippen LogP contribution in [0.25, 0.3) is 9.40 Å². The molecule has 40 valence electrons. The molecule has 0 aliphatic heterocycles. The summed E-state index contributed by atoms with van der Waals surface area (Å²) in [7, 11) is 0. The van der Waals surface area contributed by atoms with Gasteiger partial charge in [0.05, 0.1) is 15.6 Å². The van der Waals surface area contributed by atoms with Crippen molar-refractivity contribution in [2.45, 2.75) is 0 Å². The summed E-state index contributed by atoms with van der Waals surface area (Å²) in [6.45, 7) is 0. The molecule has 0 aliphatic rings. The Morgan fingerprint density at radius 2 is 2.38 bits per heavy atom. The second kappa shape index (κ2) is 1.53. The van der Waals surface area contributed by atoms with Crippen molar-refractivity contribution in [3.63, 3.8) is 0 Å². The van der Waals surface area contributed by atoms with Crippen molar-refractivity contribution < 1.29 is 0 Å². The minimum absolute atomic E-state index is 1.30. The molecule has 0 spiro atoms. The van der Waals surface area contributed by atoms with Crippen LogP contribution in [0.3, 0.4) is 0 Å². The lowest BCUT2D eigenvalue weighted by Gasteiger charge is -1.60. The molecule has 0 bridgehead atoms. The van der Waals surface area contributed by atoms with Crippen molar-refractivity contribution in [3.8, 4) is 0 Å². The minimum Gasteiger partial charge on any atom is -0.199 e. The Morgan fingerprint density at radius 3 is 3.25 bits per heavy atom. The van der Waals surface area contributed by atoms with Crippen LogP contribution in [-0.2, 0) is 0 Å². The lowest BCUT2D eigenvalue weighted by atomic mass is 10.6. The molecule has 8 heavy (non-hydrogen) atoms. The van der Waals surface area contributed by atoms with Crippen molar-refractivity contribution in [2.24, 2.45) is 0 Å². The largest absolute Gasteiger partial charge is 0.199 e. The maximum Gasteiger partial charge on any atom is 0.0657 e. The highest BCUT2D eigenvalue weighted by molar-refractivity contribution is 7.24. The van der Waals surface area contributed by atoms with E-state index in [2.05, 4.69) is 15.8 Å². The number of hydrogen-bond acceptors (Lipinski definition) is 3. The van der Waals surface area contributed by atoms with Gasteiger partial charge < -0.3 is 0 Å². The van der Waals surface area contributed by atoms with Gasteiger partial charge in [0.1, 0.15) is 0 Å². The van der Waals surface area contributed by atoms with Crippen LogP contribution < -0.4 is 0 Å². The van der Waals surface area contributed by atoms with E-state index in [0.717, 1.165) is 0 Å². The molecule has 3 heteroatoms. The van der Waals surface area contributed by atoms with Crippen molar-refractivity contribution in [3.05, 3.63) is 17.6 Å². The molecular formula is C5H3NS2. The molecule has 0 N–H and O–H groups in total. The third kappa shape index (κ3) is 0.485. The van der Waals surface area contributed by atoms with Crippen molar-refractivity contribution in [1.29, 1.82) is 0 Å². The molecule has 2 rings (SSSR count). The summed E-state index contributed by atoms with van der Waals surface area (Å²) >= 11 is 3.30. The Labute approximate surface area is 54.8 Å². The summed E-state index contributed by atoms with van der Waals surface area (Å²) in [4.78, 5) is 0. The Morgan fingerprint density at radius 1 is 1.38 bits per heavy atom. The molecule has 2 aromatic rings. The quantitative estimate of drug-likeness (QED) is 0.549. The van der Waals surface area contributed by atoms with E-state index in [1.54, 1.807) is 22.9 Å². The number of aromatic nitrogens is 1. The van der Waals surface area contributed by atoms with Crippen LogP contribution in [0.2, 0.25) is 0 Å². The molecule has 2 aromatic heterocycles. The Kier molecular flexibility index (Phi) is 0.856. The first-order valence-electron chi connectivity index (χ1n) is 2.25. The van der Waals surface area contributed by atoms with E-state index in [9.17, 15) is 0 Å². The molecule has 0 fully saturated rings. The van der Waals surface area contributed by atoms with E-state index < -0.39 is 0 Å². The zero-order valence-electron chi connectivity index (χ0n) is 4.00. The van der Waals surface area contributed by atoms with Gasteiger partial charge in [0.2, 0.25) is 0 Å². The predicted molar refractivity (Wildman–Crippen MR) is 37.5 cm³/mol. The highest BCUT2D eigenvalue weighted by atomic mass is 32.1. The van der Waals surface area contributed by atoms with E-state index >= 15 is 0 Å². The summed E-state index contributed by atoms with van der Waals surface area (Å²) in [5.41, 5.74) is 0. The van der Waals surface area contributed by atoms with E-state index in [1.165, 1.54) is 9.40 Å². The van der Waals surface area contributed by atoms with Crippen LogP contribution in [0.4, 0.5) is 0 Å². The second-order valence-electron chi connectivity index (χ2n) is 1.47. The number of nitrogens with zero attached hydrogens (tertiary/aromatic N) is 1. The molecule has 0 saturated heterocycles. The zero-order chi connectivity index (χ0) is 5.40. The zero-order valence-corrected chi connectivity index (χ0v) is 5.63. The van der Waals surface area contributed by atoms with Crippen molar-refractivity contribution >= 4 is 32.3 Å². The molecule has 0 aliphatic carbocycles. The van der Waals surface area contributed by atoms with Gasteiger partial charge in [-0.05, 0) is 23.0 Å². The summed E-state index contributed by atoms with van der Waals surface area (Å²) in [5.74, 6) is 0. The third-order valence-corrected chi connectivity index (χ3v) is 2.72. The molecule has 0 amide bonds. The fourth-order valence-corrected chi connectivity index (χ4v) is 2.21. The van der Waals surface area contributed by atoms with Gasteiger partial charge >= 0.3 is 0 Å². The van der Waals surface area contributed by atoms with Crippen molar-refractivity contribution in [1.82, 2.24) is 4.37 Å². The second-order valence-corrected chi connectivity index (χ2v) is 3.26. The Balaban J connectivity index is 3.06. The van der Waals surface area contributed by atoms with Gasteiger partial charge in [0.15, 0.2) is 0 Å². The minimum atomic E-state index is 1.30. The van der Waals surface area contributed by atoms with Gasteiger partial charge in [-0.3, -0.25) is 0 Å². The molecule has 0 atom stereocenters. The summed E-state index contributed by atoms with van der Waals surface area (Å²) < 4.78 is 6.62. The highest BCUT2D eigenvalue weighted by Crippen LogP contribution is 2.22. The number of fused-ring (bicyclic) bond motifs is 1. The van der Waals surface area contributed by atoms with Gasteiger partial charge in [-0.2, -0.15) is 4.37 Å². The van der Waals surface area contributed by atoms with Gasteiger partial charge in [0, 0.05) is 0 Å². The van der Waals surface area contributed by atoms with E-state index in [4.69, 9.17) is 0 Å². The first kappa shape index (κ1) is 4.47. The first-order valence-corrected chi connectivity index (χ1v) is 3.90. The van der Waals surface area contributed by atoms with Crippen LogP contribution in [0.1, 0.15) is 0 Å². The van der Waals surface area contributed by atoms with Gasteiger partial charge in [0.25, 0.3) is 0 Å². The van der Waals surface area contributed by atoms with Crippen LogP contribution >= 0.6 is 22.9 Å². The summed E-state index contributed by atoms with van der Waals surface area (Å²) in [6, 6.07) is 2.09. The van der Waals surface area contributed by atoms with Crippen LogP contribution in [-0.4, -0.2) is 4.37 Å². The van der Waals surface area contributed by atoms with E-state index in [-0.39, 0.29) is 0 Å². The van der Waals surface area contributed by atoms with Gasteiger partial charge in [-0.25, -0.2) is 0 Å². The molecule has 2 heterocycles. The topological polar surface area (TPSA) is 12.9 Å². The maximum atomic E-state index is 4.01. The fraction of sp³-hybridized carbons (Fsp3) is 0. The standard InChI is InChI=1S/C5H3NS2/c1-2-7-5-3-6-8-4(1)5/h1-3H. The van der Waals surface area contributed by atoms with Crippen LogP contribution in [0, 0.1) is 0 Å². The third-order valence-electron chi connectivity index (χ3n) is 0.978. The lowest BCUT2D eigenvalue weighted by molar-refractivity contribution is 1.62.